The summed E-state index contributed by atoms with van der Waals surface area (Å²) in [6.45, 7) is 6.34. The Bertz CT molecular complexity index is 331. The molecule has 0 amide bonds. The van der Waals surface area contributed by atoms with E-state index in [0.29, 0.717) is 12.5 Å². The van der Waals surface area contributed by atoms with Crippen LogP contribution in [0.15, 0.2) is 0 Å². The summed E-state index contributed by atoms with van der Waals surface area (Å²) in [5, 5.41) is 0. The lowest BCUT2D eigenvalue weighted by molar-refractivity contribution is -0.452. The van der Waals surface area contributed by atoms with Gasteiger partial charge in [0.05, 0.1) is 6.61 Å². The number of ether oxygens (including phenoxy) is 1. The highest BCUT2D eigenvalue weighted by Crippen LogP contribution is 2.49. The van der Waals surface area contributed by atoms with Crippen LogP contribution in [0.25, 0.3) is 0 Å². The van der Waals surface area contributed by atoms with Gasteiger partial charge in [-0.1, -0.05) is 29.0 Å². The molecule has 1 saturated heterocycles. The van der Waals surface area contributed by atoms with Crippen LogP contribution in [0, 0.1) is 5.92 Å². The number of fused-ring (bicyclic) bond motifs is 2. The number of halogens is 1. The van der Waals surface area contributed by atoms with Gasteiger partial charge in [-0.25, -0.2) is 9.78 Å². The molecule has 0 aromatic heterocycles. The van der Waals surface area contributed by atoms with Crippen LogP contribution in [0.3, 0.4) is 0 Å². The minimum Gasteiger partial charge on any atom is -0.465 e. The minimum absolute atomic E-state index is 0.193. The number of rotatable bonds is 3. The fourth-order valence-corrected chi connectivity index (χ4v) is 3.75. The Hall–Kier alpha value is 0.120. The maximum absolute atomic E-state index is 11.9. The first-order chi connectivity index (χ1) is 8.41. The molecule has 2 aliphatic rings. The highest BCUT2D eigenvalue weighted by molar-refractivity contribution is 14.1. The fraction of sp³-hybridized carbons (Fsp3) is 0.923. The molecule has 18 heavy (non-hydrogen) atoms. The van der Waals surface area contributed by atoms with Crippen molar-refractivity contribution in [3.05, 3.63) is 0 Å². The molecule has 0 radical (unpaired) electrons. The molecule has 0 N–H and O–H groups in total. The average Bonchev–Trinajstić information content (AvgIpc) is 2.35. The van der Waals surface area contributed by atoms with Crippen LogP contribution in [0.2, 0.25) is 0 Å². The van der Waals surface area contributed by atoms with E-state index in [-0.39, 0.29) is 15.5 Å². The molecule has 1 aliphatic heterocycles. The van der Waals surface area contributed by atoms with Gasteiger partial charge >= 0.3 is 5.97 Å². The Morgan fingerprint density at radius 3 is 2.89 bits per heavy atom. The lowest BCUT2D eigenvalue weighted by atomic mass is 9.70. The van der Waals surface area contributed by atoms with E-state index in [1.54, 1.807) is 0 Å². The third kappa shape index (κ3) is 2.54. The van der Waals surface area contributed by atoms with Crippen LogP contribution in [0.5, 0.6) is 0 Å². The zero-order valence-corrected chi connectivity index (χ0v) is 13.4. The van der Waals surface area contributed by atoms with Crippen LogP contribution in [0.4, 0.5) is 0 Å². The molecule has 2 fully saturated rings. The third-order valence-corrected chi connectivity index (χ3v) is 5.75. The number of alkyl halides is 1. The molecule has 2 rings (SSSR count). The smallest absolute Gasteiger partial charge is 0.322 e. The highest BCUT2D eigenvalue weighted by atomic mass is 127. The van der Waals surface area contributed by atoms with Crippen molar-refractivity contribution in [1.29, 1.82) is 0 Å². The zero-order chi connectivity index (χ0) is 13.4. The van der Waals surface area contributed by atoms with E-state index in [9.17, 15) is 4.79 Å². The Balaban J connectivity index is 2.14. The molecule has 1 heterocycles. The predicted octanol–water partition coefficient (Wildman–Crippen LogP) is 3.02. The van der Waals surface area contributed by atoms with Gasteiger partial charge in [0.1, 0.15) is 15.1 Å². The van der Waals surface area contributed by atoms with E-state index in [1.165, 1.54) is 0 Å². The summed E-state index contributed by atoms with van der Waals surface area (Å²) in [6, 6.07) is 0. The molecular weight excluding hydrogens is 347 g/mol. The van der Waals surface area contributed by atoms with Crippen LogP contribution in [-0.4, -0.2) is 27.7 Å². The molecule has 4 nitrogen and oxygen atoms in total. The van der Waals surface area contributed by atoms with Crippen molar-refractivity contribution in [1.82, 2.24) is 0 Å². The first kappa shape index (κ1) is 14.5. The summed E-state index contributed by atoms with van der Waals surface area (Å²) in [7, 11) is 0. The van der Waals surface area contributed by atoms with Gasteiger partial charge in [-0.05, 0) is 46.0 Å². The van der Waals surface area contributed by atoms with Crippen molar-refractivity contribution < 1.29 is 19.3 Å². The molecule has 0 spiro atoms. The maximum atomic E-state index is 11.9. The number of esters is 1. The Labute approximate surface area is 122 Å². The normalized spacial score (nSPS) is 35.9. The average molecular weight is 368 g/mol. The first-order valence-electron chi connectivity index (χ1n) is 6.59. The van der Waals surface area contributed by atoms with Crippen LogP contribution in [-0.2, 0) is 19.3 Å². The molecule has 3 atom stereocenters. The highest BCUT2D eigenvalue weighted by Gasteiger charge is 2.55. The lowest BCUT2D eigenvalue weighted by Crippen LogP contribution is -2.58. The second kappa shape index (κ2) is 5.25. The molecule has 5 heteroatoms. The molecule has 0 aromatic carbocycles. The van der Waals surface area contributed by atoms with Crippen LogP contribution >= 0.6 is 22.6 Å². The van der Waals surface area contributed by atoms with Gasteiger partial charge in [-0.2, -0.15) is 0 Å². The van der Waals surface area contributed by atoms with E-state index in [0.717, 1.165) is 25.7 Å². The van der Waals surface area contributed by atoms with Gasteiger partial charge < -0.3 is 4.74 Å². The number of carbonyl (C=O) groups excluding carboxylic acids is 1. The summed E-state index contributed by atoms with van der Waals surface area (Å²) in [4.78, 5) is 23.2. The summed E-state index contributed by atoms with van der Waals surface area (Å²) >= 11 is 2.14. The van der Waals surface area contributed by atoms with E-state index in [1.807, 2.05) is 6.92 Å². The van der Waals surface area contributed by atoms with Crippen molar-refractivity contribution in [3.63, 3.8) is 0 Å². The van der Waals surface area contributed by atoms with Gasteiger partial charge in [0.15, 0.2) is 0 Å². The van der Waals surface area contributed by atoms with E-state index in [2.05, 4.69) is 36.4 Å². The number of carbonyl (C=O) groups is 1. The summed E-state index contributed by atoms with van der Waals surface area (Å²) in [6.07, 6.45) is 3.97. The maximum Gasteiger partial charge on any atom is 0.322 e. The molecule has 104 valence electrons. The Morgan fingerprint density at radius 2 is 2.22 bits per heavy atom. The lowest BCUT2D eigenvalue weighted by Gasteiger charge is -2.51. The molecule has 1 unspecified atom stereocenters. The topological polar surface area (TPSA) is 44.8 Å². The van der Waals surface area contributed by atoms with Crippen molar-refractivity contribution in [2.45, 2.75) is 61.6 Å². The van der Waals surface area contributed by atoms with Gasteiger partial charge in [0.2, 0.25) is 0 Å². The quantitative estimate of drug-likeness (QED) is 0.333. The van der Waals surface area contributed by atoms with E-state index >= 15 is 0 Å². The summed E-state index contributed by atoms with van der Waals surface area (Å²) < 4.78 is 4.82. The third-order valence-electron chi connectivity index (χ3n) is 4.11. The monoisotopic (exact) mass is 368 g/mol. The van der Waals surface area contributed by atoms with Crippen molar-refractivity contribution >= 4 is 28.6 Å². The van der Waals surface area contributed by atoms with Crippen molar-refractivity contribution in [2.75, 3.05) is 6.61 Å². The second-order valence-electron chi connectivity index (χ2n) is 5.74. The van der Waals surface area contributed by atoms with E-state index in [4.69, 9.17) is 14.5 Å². The fourth-order valence-electron chi connectivity index (χ4n) is 2.90. The minimum atomic E-state index is -0.495. The number of hydrogen-bond donors (Lipinski definition) is 0. The molecular formula is C13H21IO4. The largest absolute Gasteiger partial charge is 0.465 e. The summed E-state index contributed by atoms with van der Waals surface area (Å²) in [5.74, 6) is 0.258. The first-order valence-corrected chi connectivity index (χ1v) is 7.83. The van der Waals surface area contributed by atoms with Crippen LogP contribution in [0.1, 0.15) is 46.5 Å². The predicted molar refractivity (Wildman–Crippen MR) is 75.4 cm³/mol. The van der Waals surface area contributed by atoms with Gasteiger partial charge in [-0.3, -0.25) is 4.79 Å². The number of hydrogen-bond acceptors (Lipinski definition) is 4. The van der Waals surface area contributed by atoms with Gasteiger partial charge in [0, 0.05) is 0 Å². The molecule has 1 aliphatic carbocycles. The van der Waals surface area contributed by atoms with Gasteiger partial charge in [-0.15, -0.1) is 0 Å². The Kier molecular flexibility index (Phi) is 4.23. The Morgan fingerprint density at radius 1 is 1.50 bits per heavy atom. The molecule has 1 saturated carbocycles. The van der Waals surface area contributed by atoms with E-state index < -0.39 is 5.60 Å². The standard InChI is InChI=1S/C13H21IO4/c1-4-16-11(15)10(14)13-7-5-6-9(8-13)12(2,3)17-18-13/h9-10H,4-8H2,1-3H3/t9-,10?,13+/m1/s1. The molecule has 0 aromatic rings. The SMILES string of the molecule is CCOC(=O)C(I)[C@]12CCC[C@H](C1)C(C)(C)OO2. The van der Waals surface area contributed by atoms with Crippen LogP contribution < -0.4 is 0 Å². The van der Waals surface area contributed by atoms with Crippen molar-refractivity contribution in [3.8, 4) is 0 Å². The van der Waals surface area contributed by atoms with Crippen molar-refractivity contribution in [2.24, 2.45) is 5.92 Å². The summed E-state index contributed by atoms with van der Waals surface area (Å²) in [5.41, 5.74) is -0.750. The second-order valence-corrected chi connectivity index (χ2v) is 6.99. The zero-order valence-electron chi connectivity index (χ0n) is 11.2. The van der Waals surface area contributed by atoms with Gasteiger partial charge in [0.25, 0.3) is 0 Å². The molecule has 2 bridgehead atoms.